The third-order valence-corrected chi connectivity index (χ3v) is 6.67. The number of aromatic nitrogens is 2. The predicted octanol–water partition coefficient (Wildman–Crippen LogP) is 1.90. The molecule has 0 spiro atoms. The molecule has 0 radical (unpaired) electrons. The van der Waals surface area contributed by atoms with Gasteiger partial charge in [0.2, 0.25) is 21.8 Å². The highest BCUT2D eigenvalue weighted by Crippen LogP contribution is 2.24. The smallest absolute Gasteiger partial charge is 0.243 e. The zero-order valence-electron chi connectivity index (χ0n) is 16.1. The van der Waals surface area contributed by atoms with Crippen molar-refractivity contribution in [3.05, 3.63) is 41.5 Å². The summed E-state index contributed by atoms with van der Waals surface area (Å²) in [5.41, 5.74) is 0. The van der Waals surface area contributed by atoms with Gasteiger partial charge in [0.15, 0.2) is 5.82 Å². The van der Waals surface area contributed by atoms with Crippen molar-refractivity contribution in [2.45, 2.75) is 44.0 Å². The molecule has 1 atom stereocenters. The van der Waals surface area contributed by atoms with Gasteiger partial charge in [-0.3, -0.25) is 4.79 Å². The molecule has 1 amide bonds. The van der Waals surface area contributed by atoms with Gasteiger partial charge in [0.05, 0.1) is 4.90 Å². The molecule has 8 nitrogen and oxygen atoms in total. The third-order valence-electron chi connectivity index (χ3n) is 4.82. The summed E-state index contributed by atoms with van der Waals surface area (Å²) in [6, 6.07) is 1.85. The molecular formula is C18H22F2N4O4S. The maximum atomic E-state index is 13.5. The van der Waals surface area contributed by atoms with Crippen molar-refractivity contribution < 1.29 is 26.5 Å². The number of rotatable bonds is 6. The Bertz CT molecular complexity index is 975. The van der Waals surface area contributed by atoms with E-state index in [0.717, 1.165) is 12.1 Å². The van der Waals surface area contributed by atoms with Gasteiger partial charge in [-0.05, 0) is 25.0 Å². The molecule has 158 valence electrons. The number of benzene rings is 1. The van der Waals surface area contributed by atoms with Crippen LogP contribution in [0.5, 0.6) is 0 Å². The van der Waals surface area contributed by atoms with Gasteiger partial charge < -0.3 is 9.42 Å². The number of carbonyl (C=O) groups excluding carboxylic acids is 1. The molecule has 0 N–H and O–H groups in total. The number of nitrogens with zero attached hydrogens (tertiary/aromatic N) is 4. The molecule has 2 heterocycles. The van der Waals surface area contributed by atoms with Gasteiger partial charge in [-0.25, -0.2) is 17.2 Å². The first-order chi connectivity index (χ1) is 13.7. The average Bonchev–Trinajstić information content (AvgIpc) is 3.06. The van der Waals surface area contributed by atoms with Gasteiger partial charge in [0.1, 0.15) is 11.6 Å². The van der Waals surface area contributed by atoms with E-state index in [1.165, 1.54) is 11.2 Å². The summed E-state index contributed by atoms with van der Waals surface area (Å²) in [5.74, 6) is -1.24. The second-order valence-corrected chi connectivity index (χ2v) is 8.89. The van der Waals surface area contributed by atoms with Crippen LogP contribution in [-0.4, -0.2) is 59.3 Å². The summed E-state index contributed by atoms with van der Waals surface area (Å²) in [6.45, 7) is 3.65. The summed E-state index contributed by atoms with van der Waals surface area (Å²) in [6.07, 6.45) is 1.51. The van der Waals surface area contributed by atoms with Crippen molar-refractivity contribution in [2.75, 3.05) is 19.6 Å². The van der Waals surface area contributed by atoms with Crippen LogP contribution < -0.4 is 0 Å². The predicted molar refractivity (Wildman–Crippen MR) is 98.3 cm³/mol. The van der Waals surface area contributed by atoms with E-state index in [9.17, 15) is 22.0 Å². The lowest BCUT2D eigenvalue weighted by Gasteiger charge is -2.38. The van der Waals surface area contributed by atoms with Gasteiger partial charge in [-0.2, -0.15) is 9.29 Å². The number of sulfonamides is 1. The number of piperidine rings is 1. The first kappa shape index (κ1) is 21.3. The van der Waals surface area contributed by atoms with Crippen molar-refractivity contribution in [2.24, 2.45) is 0 Å². The van der Waals surface area contributed by atoms with Crippen LogP contribution in [0.3, 0.4) is 0 Å². The minimum atomic E-state index is -4.09. The maximum Gasteiger partial charge on any atom is 0.243 e. The van der Waals surface area contributed by atoms with Gasteiger partial charge in [-0.15, -0.1) is 0 Å². The summed E-state index contributed by atoms with van der Waals surface area (Å²) >= 11 is 0. The lowest BCUT2D eigenvalue weighted by molar-refractivity contribution is -0.131. The second kappa shape index (κ2) is 8.54. The molecule has 1 aliphatic heterocycles. The summed E-state index contributed by atoms with van der Waals surface area (Å²) in [5, 5.41) is 3.80. The third kappa shape index (κ3) is 4.96. The van der Waals surface area contributed by atoms with Crippen LogP contribution in [0.1, 0.15) is 31.5 Å². The molecule has 0 aliphatic carbocycles. The van der Waals surface area contributed by atoms with E-state index < -0.39 is 26.6 Å². The number of hydrogen-bond donors (Lipinski definition) is 0. The molecule has 1 saturated heterocycles. The summed E-state index contributed by atoms with van der Waals surface area (Å²) < 4.78 is 58.8. The Balaban J connectivity index is 1.75. The highest BCUT2D eigenvalue weighted by Gasteiger charge is 2.34. The number of carbonyl (C=O) groups is 1. The lowest BCUT2D eigenvalue weighted by Crippen LogP contribution is -2.51. The van der Waals surface area contributed by atoms with Crippen LogP contribution >= 0.6 is 0 Å². The minimum absolute atomic E-state index is 0.0469. The highest BCUT2D eigenvalue weighted by atomic mass is 32.2. The summed E-state index contributed by atoms with van der Waals surface area (Å²) in [4.78, 5) is 17.4. The topological polar surface area (TPSA) is 96.6 Å². The van der Waals surface area contributed by atoms with Crippen molar-refractivity contribution in [1.82, 2.24) is 19.3 Å². The zero-order chi connectivity index (χ0) is 21.2. The number of hydrogen-bond acceptors (Lipinski definition) is 6. The number of aryl methyl sites for hydroxylation is 1. The Kier molecular flexibility index (Phi) is 6.27. The quantitative estimate of drug-likeness (QED) is 0.697. The SMILES string of the molecule is CC(=O)N(CCc1noc(C)n1)C1CCCN(S(=O)(=O)c2cc(F)cc(F)c2)C1. The van der Waals surface area contributed by atoms with Crippen molar-refractivity contribution in [1.29, 1.82) is 0 Å². The molecular weight excluding hydrogens is 406 g/mol. The average molecular weight is 428 g/mol. The van der Waals surface area contributed by atoms with E-state index in [0.29, 0.717) is 43.6 Å². The standard InChI is InChI=1S/C18H22F2N4O4S/c1-12-21-18(22-28-12)5-7-24(13(2)25)16-4-3-6-23(11-16)29(26,27)17-9-14(19)8-15(20)10-17/h8-10,16H,3-7,11H2,1-2H3. The molecule has 3 rings (SSSR count). The molecule has 11 heteroatoms. The largest absolute Gasteiger partial charge is 0.340 e. The van der Waals surface area contributed by atoms with Gasteiger partial charge in [0, 0.05) is 52.0 Å². The van der Waals surface area contributed by atoms with Crippen molar-refractivity contribution >= 4 is 15.9 Å². The van der Waals surface area contributed by atoms with Crippen LogP contribution in [0.25, 0.3) is 0 Å². The van der Waals surface area contributed by atoms with E-state index in [1.54, 1.807) is 11.8 Å². The van der Waals surface area contributed by atoms with Crippen molar-refractivity contribution in [3.8, 4) is 0 Å². The molecule has 1 aromatic carbocycles. The molecule has 1 fully saturated rings. The van der Waals surface area contributed by atoms with Crippen molar-refractivity contribution in [3.63, 3.8) is 0 Å². The Labute approximate surface area is 167 Å². The first-order valence-corrected chi connectivity index (χ1v) is 10.6. The Morgan fingerprint density at radius 2 is 2.00 bits per heavy atom. The van der Waals surface area contributed by atoms with E-state index in [-0.39, 0.29) is 25.0 Å². The monoisotopic (exact) mass is 428 g/mol. The van der Waals surface area contributed by atoms with Crippen LogP contribution in [0, 0.1) is 18.6 Å². The fourth-order valence-corrected chi connectivity index (χ4v) is 5.04. The lowest BCUT2D eigenvalue weighted by atomic mass is 10.1. The van der Waals surface area contributed by atoms with Crippen LogP contribution in [0.15, 0.2) is 27.6 Å². The van der Waals surface area contributed by atoms with E-state index in [2.05, 4.69) is 10.1 Å². The molecule has 1 unspecified atom stereocenters. The van der Waals surface area contributed by atoms with E-state index >= 15 is 0 Å². The fourth-order valence-electron chi connectivity index (χ4n) is 3.48. The van der Waals surface area contributed by atoms with Gasteiger partial charge in [0.25, 0.3) is 0 Å². The molecule has 0 saturated carbocycles. The number of halogens is 2. The van der Waals surface area contributed by atoms with E-state index in [1.807, 2.05) is 0 Å². The van der Waals surface area contributed by atoms with E-state index in [4.69, 9.17) is 4.52 Å². The molecule has 1 aromatic heterocycles. The number of amides is 1. The molecule has 2 aromatic rings. The molecule has 1 aliphatic rings. The Hall–Kier alpha value is -2.40. The first-order valence-electron chi connectivity index (χ1n) is 9.19. The normalized spacial score (nSPS) is 18.0. The fraction of sp³-hybridized carbons (Fsp3) is 0.500. The minimum Gasteiger partial charge on any atom is -0.340 e. The van der Waals surface area contributed by atoms with Gasteiger partial charge in [-0.1, -0.05) is 5.16 Å². The van der Waals surface area contributed by atoms with Crippen LogP contribution in [-0.2, 0) is 21.2 Å². The zero-order valence-corrected chi connectivity index (χ0v) is 17.0. The highest BCUT2D eigenvalue weighted by molar-refractivity contribution is 7.89. The van der Waals surface area contributed by atoms with Gasteiger partial charge >= 0.3 is 0 Å². The Morgan fingerprint density at radius 3 is 2.59 bits per heavy atom. The molecule has 0 bridgehead atoms. The molecule has 29 heavy (non-hydrogen) atoms. The Morgan fingerprint density at radius 1 is 1.31 bits per heavy atom. The second-order valence-electron chi connectivity index (χ2n) is 6.96. The van der Waals surface area contributed by atoms with Crippen LogP contribution in [0.2, 0.25) is 0 Å². The summed E-state index contributed by atoms with van der Waals surface area (Å²) in [7, 11) is -4.09. The maximum absolute atomic E-state index is 13.5. The van der Waals surface area contributed by atoms with Crippen LogP contribution in [0.4, 0.5) is 8.78 Å².